The molecule has 2 amide bonds. The van der Waals surface area contributed by atoms with Gasteiger partial charge in [0.1, 0.15) is 6.04 Å². The van der Waals surface area contributed by atoms with E-state index >= 15 is 0 Å². The molecule has 0 heterocycles. The maximum absolute atomic E-state index is 11.5. The van der Waals surface area contributed by atoms with Crippen molar-refractivity contribution in [2.45, 2.75) is 6.04 Å². The highest BCUT2D eigenvalue weighted by Gasteiger charge is 2.18. The molecular weight excluding hydrogens is 222 g/mol. The zero-order valence-corrected chi connectivity index (χ0v) is 9.43. The Morgan fingerprint density at radius 3 is 2.47 bits per heavy atom. The lowest BCUT2D eigenvalue weighted by molar-refractivity contribution is -0.139. The summed E-state index contributed by atoms with van der Waals surface area (Å²) < 4.78 is 0. The minimum atomic E-state index is -1.08. The Morgan fingerprint density at radius 2 is 1.94 bits per heavy atom. The fraction of sp³-hybridized carbons (Fsp3) is 0.273. The number of nitrogens with one attached hydrogen (secondary N) is 3. The van der Waals surface area contributed by atoms with Gasteiger partial charge in [-0.25, -0.2) is 9.59 Å². The molecule has 0 aromatic heterocycles. The Bertz CT molecular complexity index is 381. The van der Waals surface area contributed by atoms with E-state index in [0.717, 1.165) is 0 Å². The van der Waals surface area contributed by atoms with Crippen molar-refractivity contribution in [1.29, 1.82) is 0 Å². The number of benzene rings is 1. The van der Waals surface area contributed by atoms with Crippen LogP contribution in [0.3, 0.4) is 0 Å². The molecule has 0 aliphatic rings. The van der Waals surface area contributed by atoms with Crippen molar-refractivity contribution in [3.8, 4) is 0 Å². The molecule has 6 heteroatoms. The summed E-state index contributed by atoms with van der Waals surface area (Å²) in [6.45, 7) is 0.164. The van der Waals surface area contributed by atoms with Gasteiger partial charge < -0.3 is 21.1 Å². The summed E-state index contributed by atoms with van der Waals surface area (Å²) in [6.07, 6.45) is 0. The van der Waals surface area contributed by atoms with Crippen LogP contribution in [0.25, 0.3) is 0 Å². The number of anilines is 1. The topological polar surface area (TPSA) is 90.5 Å². The van der Waals surface area contributed by atoms with Crippen LogP contribution in [-0.4, -0.2) is 36.7 Å². The molecule has 0 radical (unpaired) electrons. The molecule has 1 aromatic rings. The maximum Gasteiger partial charge on any atom is 0.327 e. The lowest BCUT2D eigenvalue weighted by Gasteiger charge is -2.14. The molecule has 0 fully saturated rings. The van der Waals surface area contributed by atoms with Crippen LogP contribution in [0, 0.1) is 0 Å². The predicted octanol–water partition coefficient (Wildman–Crippen LogP) is 0.481. The normalized spacial score (nSPS) is 11.6. The molecule has 6 nitrogen and oxygen atoms in total. The minimum Gasteiger partial charge on any atom is -0.480 e. The average molecular weight is 237 g/mol. The first-order chi connectivity index (χ1) is 8.13. The number of carboxylic acid groups (broad SMARTS) is 1. The average Bonchev–Trinajstić information content (AvgIpc) is 2.29. The Labute approximate surface area is 99.0 Å². The van der Waals surface area contributed by atoms with E-state index in [4.69, 9.17) is 5.11 Å². The molecule has 4 N–H and O–H groups in total. The second-order valence-corrected chi connectivity index (χ2v) is 3.41. The molecule has 1 aromatic carbocycles. The molecule has 17 heavy (non-hydrogen) atoms. The van der Waals surface area contributed by atoms with E-state index in [9.17, 15) is 9.59 Å². The van der Waals surface area contributed by atoms with Crippen molar-refractivity contribution in [1.82, 2.24) is 10.6 Å². The van der Waals surface area contributed by atoms with Gasteiger partial charge in [-0.1, -0.05) is 18.2 Å². The van der Waals surface area contributed by atoms with E-state index in [1.54, 1.807) is 31.3 Å². The number of para-hydroxylation sites is 1. The summed E-state index contributed by atoms with van der Waals surface area (Å²) in [7, 11) is 1.62. The highest BCUT2D eigenvalue weighted by molar-refractivity contribution is 5.92. The van der Waals surface area contributed by atoms with Gasteiger partial charge in [0, 0.05) is 12.2 Å². The number of carbonyl (C=O) groups excluding carboxylic acids is 1. The first-order valence-corrected chi connectivity index (χ1v) is 5.13. The summed E-state index contributed by atoms with van der Waals surface area (Å²) in [6, 6.07) is 7.31. The largest absolute Gasteiger partial charge is 0.480 e. The molecule has 0 aliphatic heterocycles. The SMILES string of the molecule is CNCC(NC(=O)Nc1ccccc1)C(=O)O. The van der Waals surface area contributed by atoms with Crippen molar-refractivity contribution in [3.63, 3.8) is 0 Å². The number of hydrogen-bond acceptors (Lipinski definition) is 3. The first-order valence-electron chi connectivity index (χ1n) is 5.13. The van der Waals surface area contributed by atoms with Gasteiger partial charge in [0.05, 0.1) is 0 Å². The van der Waals surface area contributed by atoms with E-state index in [-0.39, 0.29) is 6.54 Å². The third-order valence-corrected chi connectivity index (χ3v) is 2.04. The quantitative estimate of drug-likeness (QED) is 0.599. The Balaban J connectivity index is 2.51. The molecular formula is C11H15N3O3. The Hall–Kier alpha value is -2.08. The monoisotopic (exact) mass is 237 g/mol. The van der Waals surface area contributed by atoms with Gasteiger partial charge in [0.15, 0.2) is 0 Å². The lowest BCUT2D eigenvalue weighted by atomic mass is 10.3. The van der Waals surface area contributed by atoms with Crippen molar-refractivity contribution < 1.29 is 14.7 Å². The summed E-state index contributed by atoms with van der Waals surface area (Å²) in [5, 5.41) is 16.4. The summed E-state index contributed by atoms with van der Waals surface area (Å²) in [4.78, 5) is 22.3. The first kappa shape index (κ1) is 13.0. The molecule has 0 aliphatic carbocycles. The number of aliphatic carboxylic acids is 1. The highest BCUT2D eigenvalue weighted by Crippen LogP contribution is 2.04. The molecule has 1 atom stereocenters. The van der Waals surface area contributed by atoms with Crippen LogP contribution in [-0.2, 0) is 4.79 Å². The van der Waals surface area contributed by atoms with Crippen LogP contribution in [0.2, 0.25) is 0 Å². The number of carboxylic acids is 1. The van der Waals surface area contributed by atoms with E-state index in [1.807, 2.05) is 6.07 Å². The van der Waals surface area contributed by atoms with Crippen LogP contribution in [0.15, 0.2) is 30.3 Å². The van der Waals surface area contributed by atoms with Crippen LogP contribution < -0.4 is 16.0 Å². The summed E-state index contributed by atoms with van der Waals surface area (Å²) in [5.74, 6) is -1.08. The zero-order chi connectivity index (χ0) is 12.7. The highest BCUT2D eigenvalue weighted by atomic mass is 16.4. The summed E-state index contributed by atoms with van der Waals surface area (Å²) >= 11 is 0. The van der Waals surface area contributed by atoms with E-state index in [1.165, 1.54) is 0 Å². The van der Waals surface area contributed by atoms with Gasteiger partial charge in [-0.3, -0.25) is 0 Å². The molecule has 0 saturated carbocycles. The van der Waals surface area contributed by atoms with Crippen LogP contribution in [0.5, 0.6) is 0 Å². The number of likely N-dealkylation sites (N-methyl/N-ethyl adjacent to an activating group) is 1. The van der Waals surface area contributed by atoms with Gasteiger partial charge in [0.2, 0.25) is 0 Å². The van der Waals surface area contributed by atoms with E-state index in [0.29, 0.717) is 5.69 Å². The fourth-order valence-electron chi connectivity index (χ4n) is 1.25. The third-order valence-electron chi connectivity index (χ3n) is 2.04. The second-order valence-electron chi connectivity index (χ2n) is 3.41. The molecule has 0 bridgehead atoms. The van der Waals surface area contributed by atoms with Crippen molar-refractivity contribution in [2.24, 2.45) is 0 Å². The van der Waals surface area contributed by atoms with Crippen molar-refractivity contribution in [3.05, 3.63) is 30.3 Å². The van der Waals surface area contributed by atoms with Crippen molar-refractivity contribution >= 4 is 17.7 Å². The van der Waals surface area contributed by atoms with Crippen molar-refractivity contribution in [2.75, 3.05) is 18.9 Å². The Kier molecular flexibility index (Phi) is 4.96. The molecule has 1 rings (SSSR count). The van der Waals surface area contributed by atoms with Gasteiger partial charge in [-0.05, 0) is 19.2 Å². The maximum atomic E-state index is 11.5. The number of amides is 2. The number of hydrogen-bond donors (Lipinski definition) is 4. The second kappa shape index (κ2) is 6.49. The van der Waals surface area contributed by atoms with Crippen LogP contribution in [0.4, 0.5) is 10.5 Å². The standard InChI is InChI=1S/C11H15N3O3/c1-12-7-9(10(15)16)14-11(17)13-8-5-3-2-4-6-8/h2-6,9,12H,7H2,1H3,(H,15,16)(H2,13,14,17). The molecule has 0 saturated heterocycles. The number of carbonyl (C=O) groups is 2. The zero-order valence-electron chi connectivity index (χ0n) is 9.43. The minimum absolute atomic E-state index is 0.164. The number of rotatable bonds is 5. The lowest BCUT2D eigenvalue weighted by Crippen LogP contribution is -2.48. The van der Waals surface area contributed by atoms with Gasteiger partial charge in [-0.2, -0.15) is 0 Å². The van der Waals surface area contributed by atoms with Gasteiger partial charge in [0.25, 0.3) is 0 Å². The third kappa shape index (κ3) is 4.52. The van der Waals surface area contributed by atoms with Gasteiger partial charge in [-0.15, -0.1) is 0 Å². The Morgan fingerprint density at radius 1 is 1.29 bits per heavy atom. The van der Waals surface area contributed by atoms with Gasteiger partial charge >= 0.3 is 12.0 Å². The smallest absolute Gasteiger partial charge is 0.327 e. The molecule has 1 unspecified atom stereocenters. The van der Waals surface area contributed by atoms with E-state index in [2.05, 4.69) is 16.0 Å². The molecule has 0 spiro atoms. The van der Waals surface area contributed by atoms with Crippen LogP contribution in [0.1, 0.15) is 0 Å². The predicted molar refractivity (Wildman–Crippen MR) is 63.9 cm³/mol. The summed E-state index contributed by atoms with van der Waals surface area (Å²) in [5.41, 5.74) is 0.610. The van der Waals surface area contributed by atoms with Crippen LogP contribution >= 0.6 is 0 Å². The molecule has 92 valence electrons. The number of urea groups is 1. The fourth-order valence-corrected chi connectivity index (χ4v) is 1.25. The van der Waals surface area contributed by atoms with E-state index < -0.39 is 18.0 Å².